The molecule has 0 atom stereocenters. The van der Waals surface area contributed by atoms with Crippen molar-refractivity contribution in [3.05, 3.63) is 52.1 Å². The highest BCUT2D eigenvalue weighted by Gasteiger charge is 2.07. The van der Waals surface area contributed by atoms with Crippen LogP contribution in [0.3, 0.4) is 0 Å². The van der Waals surface area contributed by atoms with Gasteiger partial charge >= 0.3 is 0 Å². The van der Waals surface area contributed by atoms with Gasteiger partial charge in [0.1, 0.15) is 0 Å². The Balaban J connectivity index is 3.31. The molecular formula is C18H25N2P. The van der Waals surface area contributed by atoms with Gasteiger partial charge in [-0.15, -0.1) is 8.86 Å². The van der Waals surface area contributed by atoms with Crippen LogP contribution < -0.4 is 5.73 Å². The highest BCUT2D eigenvalue weighted by Crippen LogP contribution is 2.25. The minimum atomic E-state index is 0.509. The Morgan fingerprint density at radius 1 is 1.38 bits per heavy atom. The summed E-state index contributed by atoms with van der Waals surface area (Å²) in [6.45, 7) is 8.89. The fraction of sp³-hybridized carbons (Fsp3) is 0.333. The SMILES string of the molecule is C\C=C(/C=N/C(=C(\C)CC)c1ccc(C=P)cc1C)CN. The van der Waals surface area contributed by atoms with Crippen molar-refractivity contribution in [3.63, 3.8) is 0 Å². The molecular weight excluding hydrogens is 275 g/mol. The van der Waals surface area contributed by atoms with Gasteiger partial charge in [-0.1, -0.05) is 31.2 Å². The Labute approximate surface area is 130 Å². The summed E-state index contributed by atoms with van der Waals surface area (Å²) >= 11 is 0. The molecule has 0 aliphatic heterocycles. The van der Waals surface area contributed by atoms with Crippen LogP contribution in [0.15, 0.2) is 40.4 Å². The lowest BCUT2D eigenvalue weighted by Crippen LogP contribution is -2.04. The molecule has 0 spiro atoms. The van der Waals surface area contributed by atoms with Crippen LogP contribution in [0.5, 0.6) is 0 Å². The van der Waals surface area contributed by atoms with Crippen LogP contribution in [0.2, 0.25) is 0 Å². The first-order valence-corrected chi connectivity index (χ1v) is 7.85. The molecule has 0 saturated carbocycles. The lowest BCUT2D eigenvalue weighted by atomic mass is 9.99. The number of hydrogen-bond donors (Lipinski definition) is 1. The van der Waals surface area contributed by atoms with Crippen LogP contribution in [0.1, 0.15) is 43.9 Å². The summed E-state index contributed by atoms with van der Waals surface area (Å²) in [6, 6.07) is 6.37. The van der Waals surface area contributed by atoms with Crippen molar-refractivity contribution in [1.82, 2.24) is 0 Å². The average Bonchev–Trinajstić information content (AvgIpc) is 2.51. The second kappa shape index (κ2) is 8.71. The standard InChI is InChI=1S/C18H25N2P/c1-5-13(3)18(20-11-15(6-2)10-19)17-8-7-16(12-21)9-14(17)4/h6-9,11-12,21H,5,10,19H2,1-4H3/b15-6-,18-13+,20-11+. The molecule has 2 nitrogen and oxygen atoms in total. The Kier molecular flexibility index (Phi) is 7.28. The van der Waals surface area contributed by atoms with Crippen LogP contribution in [-0.2, 0) is 0 Å². The largest absolute Gasteiger partial charge is 0.326 e. The summed E-state index contributed by atoms with van der Waals surface area (Å²) in [7, 11) is 3.43. The molecule has 3 heteroatoms. The first kappa shape index (κ1) is 17.6. The average molecular weight is 300 g/mol. The smallest absolute Gasteiger partial charge is 0.0693 e. The second-order valence-electron chi connectivity index (χ2n) is 5.03. The van der Waals surface area contributed by atoms with Crippen LogP contribution >= 0.6 is 8.86 Å². The molecule has 112 valence electrons. The van der Waals surface area contributed by atoms with E-state index in [4.69, 9.17) is 10.7 Å². The topological polar surface area (TPSA) is 38.4 Å². The quantitative estimate of drug-likeness (QED) is 0.613. The molecule has 0 aliphatic rings. The fourth-order valence-corrected chi connectivity index (χ4v) is 2.19. The summed E-state index contributed by atoms with van der Waals surface area (Å²) in [5, 5.41) is 0. The number of allylic oxidation sites excluding steroid dienone is 2. The van der Waals surface area contributed by atoms with Gasteiger partial charge in [-0.05, 0) is 55.3 Å². The summed E-state index contributed by atoms with van der Waals surface area (Å²) in [5.74, 6) is 1.92. The number of nitrogens with zero attached hydrogens (tertiary/aromatic N) is 1. The lowest BCUT2D eigenvalue weighted by molar-refractivity contribution is 1.09. The highest BCUT2D eigenvalue weighted by molar-refractivity contribution is 7.19. The van der Waals surface area contributed by atoms with E-state index in [1.165, 1.54) is 16.7 Å². The van der Waals surface area contributed by atoms with Crippen molar-refractivity contribution in [2.24, 2.45) is 10.7 Å². The molecule has 0 unspecified atom stereocenters. The van der Waals surface area contributed by atoms with Crippen LogP contribution in [-0.4, -0.2) is 18.6 Å². The molecule has 1 aromatic carbocycles. The van der Waals surface area contributed by atoms with Gasteiger partial charge in [0, 0.05) is 18.3 Å². The van der Waals surface area contributed by atoms with E-state index < -0.39 is 0 Å². The molecule has 0 bridgehead atoms. The van der Waals surface area contributed by atoms with Gasteiger partial charge < -0.3 is 5.73 Å². The van der Waals surface area contributed by atoms with Crippen molar-refractivity contribution in [1.29, 1.82) is 0 Å². The van der Waals surface area contributed by atoms with Crippen LogP contribution in [0.25, 0.3) is 5.70 Å². The monoisotopic (exact) mass is 300 g/mol. The predicted molar refractivity (Wildman–Crippen MR) is 98.8 cm³/mol. The van der Waals surface area contributed by atoms with Crippen molar-refractivity contribution in [2.75, 3.05) is 6.54 Å². The maximum Gasteiger partial charge on any atom is 0.0693 e. The molecule has 1 rings (SSSR count). The fourth-order valence-electron chi connectivity index (χ4n) is 2.01. The van der Waals surface area contributed by atoms with E-state index in [0.717, 1.165) is 23.3 Å². The van der Waals surface area contributed by atoms with E-state index in [-0.39, 0.29) is 0 Å². The molecule has 0 aromatic heterocycles. The molecule has 0 aliphatic carbocycles. The zero-order chi connectivity index (χ0) is 15.8. The second-order valence-corrected chi connectivity index (χ2v) is 5.32. The van der Waals surface area contributed by atoms with Gasteiger partial charge in [0.15, 0.2) is 0 Å². The summed E-state index contributed by atoms with van der Waals surface area (Å²) in [6.07, 6.45) is 4.85. The lowest BCUT2D eigenvalue weighted by Gasteiger charge is -2.11. The number of hydrogen-bond acceptors (Lipinski definition) is 2. The first-order valence-electron chi connectivity index (χ1n) is 7.27. The van der Waals surface area contributed by atoms with E-state index in [1.807, 2.05) is 25.0 Å². The third-order valence-corrected chi connectivity index (χ3v) is 3.91. The van der Waals surface area contributed by atoms with Crippen LogP contribution in [0.4, 0.5) is 0 Å². The molecule has 0 heterocycles. The van der Waals surface area contributed by atoms with Gasteiger partial charge in [-0.25, -0.2) is 0 Å². The Morgan fingerprint density at radius 3 is 2.57 bits per heavy atom. The Morgan fingerprint density at radius 2 is 2.10 bits per heavy atom. The number of nitrogens with two attached hydrogens (primary N) is 1. The molecule has 0 amide bonds. The number of aryl methyl sites for hydroxylation is 1. The molecule has 0 radical (unpaired) electrons. The van der Waals surface area contributed by atoms with Crippen LogP contribution in [0, 0.1) is 6.92 Å². The third kappa shape index (κ3) is 4.77. The normalized spacial score (nSPS) is 13.5. The Hall–Kier alpha value is -1.50. The van der Waals surface area contributed by atoms with E-state index >= 15 is 0 Å². The van der Waals surface area contributed by atoms with Gasteiger partial charge in [-0.3, -0.25) is 4.99 Å². The molecule has 2 N–H and O–H groups in total. The van der Waals surface area contributed by atoms with Crippen molar-refractivity contribution in [3.8, 4) is 0 Å². The third-order valence-electron chi connectivity index (χ3n) is 3.57. The minimum absolute atomic E-state index is 0.509. The van der Waals surface area contributed by atoms with E-state index in [0.29, 0.717) is 6.54 Å². The van der Waals surface area contributed by atoms with Gasteiger partial charge in [-0.2, -0.15) is 0 Å². The van der Waals surface area contributed by atoms with Crippen molar-refractivity contribution >= 4 is 26.6 Å². The first-order chi connectivity index (χ1) is 10.1. The van der Waals surface area contributed by atoms with Gasteiger partial charge in [0.05, 0.1) is 5.70 Å². The number of rotatable bonds is 6. The molecule has 0 saturated heterocycles. The van der Waals surface area contributed by atoms with E-state index in [2.05, 4.69) is 47.8 Å². The number of aliphatic imine (C=N–C) groups is 1. The Bertz CT molecular complexity index is 595. The van der Waals surface area contributed by atoms with Gasteiger partial charge in [0.25, 0.3) is 0 Å². The van der Waals surface area contributed by atoms with E-state index in [1.54, 1.807) is 0 Å². The van der Waals surface area contributed by atoms with Gasteiger partial charge in [0.2, 0.25) is 0 Å². The van der Waals surface area contributed by atoms with Crippen molar-refractivity contribution in [2.45, 2.75) is 34.1 Å². The molecule has 21 heavy (non-hydrogen) atoms. The number of benzene rings is 1. The molecule has 0 fully saturated rings. The van der Waals surface area contributed by atoms with E-state index in [9.17, 15) is 0 Å². The highest BCUT2D eigenvalue weighted by atomic mass is 31.0. The maximum absolute atomic E-state index is 5.70. The maximum atomic E-state index is 5.70. The summed E-state index contributed by atoms with van der Waals surface area (Å²) in [4.78, 5) is 4.71. The predicted octanol–water partition coefficient (Wildman–Crippen LogP) is 4.40. The molecule has 1 aromatic rings. The zero-order valence-corrected chi connectivity index (χ0v) is 14.4. The zero-order valence-electron chi connectivity index (χ0n) is 13.4. The minimum Gasteiger partial charge on any atom is -0.326 e. The van der Waals surface area contributed by atoms with Crippen molar-refractivity contribution < 1.29 is 0 Å². The summed E-state index contributed by atoms with van der Waals surface area (Å²) in [5.41, 5.74) is 12.6. The summed E-state index contributed by atoms with van der Waals surface area (Å²) < 4.78 is 0.